The van der Waals surface area contributed by atoms with E-state index in [1.54, 1.807) is 0 Å². The summed E-state index contributed by atoms with van der Waals surface area (Å²) < 4.78 is 5.66. The Bertz CT molecular complexity index is 603. The van der Waals surface area contributed by atoms with Crippen LogP contribution in [0.1, 0.15) is 60.3 Å². The molecule has 1 saturated carbocycles. The molecule has 0 aromatic carbocycles. The number of ketones is 1. The van der Waals surface area contributed by atoms with Crippen LogP contribution in [-0.2, 0) is 14.3 Å². The average molecular weight is 363 g/mol. The lowest BCUT2D eigenvalue weighted by atomic mass is 9.49. The number of fused-ring (bicyclic) bond motifs is 1. The van der Waals surface area contributed by atoms with Crippen molar-refractivity contribution in [3.8, 4) is 0 Å². The van der Waals surface area contributed by atoms with E-state index < -0.39 is 18.0 Å². The lowest BCUT2D eigenvalue weighted by Gasteiger charge is -2.56. The summed E-state index contributed by atoms with van der Waals surface area (Å²) in [6.07, 6.45) is 6.65. The van der Waals surface area contributed by atoms with Crippen molar-refractivity contribution in [1.29, 1.82) is 0 Å². The molecule has 0 aromatic rings. The first-order valence-electron chi connectivity index (χ1n) is 9.74. The summed E-state index contributed by atoms with van der Waals surface area (Å²) in [7, 11) is 0. The van der Waals surface area contributed by atoms with E-state index in [1.807, 2.05) is 13.0 Å². The van der Waals surface area contributed by atoms with E-state index in [9.17, 15) is 9.59 Å². The highest BCUT2D eigenvalue weighted by molar-refractivity contribution is 5.83. The van der Waals surface area contributed by atoms with Crippen LogP contribution in [0.5, 0.6) is 0 Å². The normalized spacial score (nSPS) is 34.2. The lowest BCUT2D eigenvalue weighted by Crippen LogP contribution is -2.56. The number of hydrogen-bond donors (Lipinski definition) is 1. The molecule has 0 aliphatic heterocycles. The maximum absolute atomic E-state index is 13.3. The molecule has 1 fully saturated rings. The summed E-state index contributed by atoms with van der Waals surface area (Å²) in [5.74, 6) is -0.263. The molecule has 1 unspecified atom stereocenters. The summed E-state index contributed by atoms with van der Waals surface area (Å²) >= 11 is 0. The number of allylic oxidation sites excluding steroid dienone is 2. The smallest absolute Gasteiger partial charge is 0.332 e. The molecule has 0 radical (unpaired) electrons. The number of carbonyl (C=O) groups is 2. The van der Waals surface area contributed by atoms with Crippen molar-refractivity contribution >= 4 is 11.8 Å². The number of aliphatic hydroxyl groups excluding tert-OH is 1. The van der Waals surface area contributed by atoms with Crippen LogP contribution in [0.3, 0.4) is 0 Å². The summed E-state index contributed by atoms with van der Waals surface area (Å²) in [5, 5.41) is 9.16. The Morgan fingerprint density at radius 2 is 2.08 bits per heavy atom. The van der Waals surface area contributed by atoms with Gasteiger partial charge in [-0.1, -0.05) is 52.3 Å². The van der Waals surface area contributed by atoms with E-state index >= 15 is 0 Å². The van der Waals surface area contributed by atoms with Gasteiger partial charge in [0.25, 0.3) is 0 Å². The molecule has 0 bridgehead atoms. The summed E-state index contributed by atoms with van der Waals surface area (Å²) in [6, 6.07) is 0. The first-order valence-corrected chi connectivity index (χ1v) is 9.74. The second-order valence-corrected chi connectivity index (χ2v) is 9.03. The van der Waals surface area contributed by atoms with Gasteiger partial charge < -0.3 is 9.84 Å². The number of aliphatic hydroxyl groups is 1. The Hall–Kier alpha value is -1.42. The SMILES string of the molecule is C=C[C@@H](C)CC(=O)[C@H]1[C@@H](C)CC=C2C(C)(C)CCC(OC(=O)CO)[C@@]21C. The second kappa shape index (κ2) is 7.67. The zero-order chi connectivity index (χ0) is 19.7. The predicted octanol–water partition coefficient (Wildman–Crippen LogP) is 4.08. The Kier molecular flexibility index (Phi) is 6.17. The largest absolute Gasteiger partial charge is 0.460 e. The molecule has 0 heterocycles. The topological polar surface area (TPSA) is 63.6 Å². The molecular formula is C22H34O4. The molecule has 0 saturated heterocycles. The molecule has 4 nitrogen and oxygen atoms in total. The average Bonchev–Trinajstić information content (AvgIpc) is 2.56. The van der Waals surface area contributed by atoms with Gasteiger partial charge in [0.2, 0.25) is 0 Å². The van der Waals surface area contributed by atoms with Gasteiger partial charge in [-0.15, -0.1) is 6.58 Å². The van der Waals surface area contributed by atoms with Crippen molar-refractivity contribution < 1.29 is 19.4 Å². The zero-order valence-electron chi connectivity index (χ0n) is 16.9. The molecule has 26 heavy (non-hydrogen) atoms. The van der Waals surface area contributed by atoms with Crippen LogP contribution >= 0.6 is 0 Å². The van der Waals surface area contributed by atoms with Crippen molar-refractivity contribution in [2.24, 2.45) is 28.6 Å². The van der Waals surface area contributed by atoms with Gasteiger partial charge in [-0.05, 0) is 36.5 Å². The van der Waals surface area contributed by atoms with Gasteiger partial charge >= 0.3 is 5.97 Å². The molecule has 146 valence electrons. The molecule has 0 spiro atoms. The maximum Gasteiger partial charge on any atom is 0.332 e. The monoisotopic (exact) mass is 362 g/mol. The highest BCUT2D eigenvalue weighted by atomic mass is 16.6. The van der Waals surface area contributed by atoms with Crippen molar-refractivity contribution in [2.75, 3.05) is 6.61 Å². The second-order valence-electron chi connectivity index (χ2n) is 9.03. The fourth-order valence-electron chi connectivity index (χ4n) is 5.28. The van der Waals surface area contributed by atoms with E-state index in [0.717, 1.165) is 12.8 Å². The number of hydrogen-bond acceptors (Lipinski definition) is 4. The molecular weight excluding hydrogens is 328 g/mol. The Morgan fingerprint density at radius 1 is 1.42 bits per heavy atom. The number of rotatable bonds is 6. The predicted molar refractivity (Wildman–Crippen MR) is 102 cm³/mol. The van der Waals surface area contributed by atoms with Crippen LogP contribution in [0, 0.1) is 28.6 Å². The van der Waals surface area contributed by atoms with Crippen molar-refractivity contribution in [2.45, 2.75) is 66.4 Å². The number of carbonyl (C=O) groups excluding carboxylic acids is 2. The van der Waals surface area contributed by atoms with Crippen LogP contribution in [0.25, 0.3) is 0 Å². The van der Waals surface area contributed by atoms with Crippen molar-refractivity contribution in [1.82, 2.24) is 0 Å². The van der Waals surface area contributed by atoms with E-state index in [4.69, 9.17) is 9.84 Å². The van der Waals surface area contributed by atoms with E-state index in [2.05, 4.69) is 40.3 Å². The molecule has 2 aliphatic rings. The number of esters is 1. The fraction of sp³-hybridized carbons (Fsp3) is 0.727. The van der Waals surface area contributed by atoms with Crippen LogP contribution in [0.15, 0.2) is 24.3 Å². The minimum absolute atomic E-state index is 0.0282. The highest BCUT2D eigenvalue weighted by Crippen LogP contribution is 2.59. The van der Waals surface area contributed by atoms with E-state index in [1.165, 1.54) is 5.57 Å². The minimum Gasteiger partial charge on any atom is -0.460 e. The van der Waals surface area contributed by atoms with Gasteiger partial charge in [-0.3, -0.25) is 4.79 Å². The van der Waals surface area contributed by atoms with Gasteiger partial charge in [0.05, 0.1) is 0 Å². The van der Waals surface area contributed by atoms with E-state index in [-0.39, 0.29) is 35.1 Å². The van der Waals surface area contributed by atoms with Gasteiger partial charge in [0, 0.05) is 17.8 Å². The van der Waals surface area contributed by atoms with Crippen LogP contribution in [-0.4, -0.2) is 29.6 Å². The van der Waals surface area contributed by atoms with Crippen LogP contribution in [0.2, 0.25) is 0 Å². The molecule has 2 rings (SSSR count). The lowest BCUT2D eigenvalue weighted by molar-refractivity contribution is -0.168. The Labute approximate surface area is 157 Å². The zero-order valence-corrected chi connectivity index (χ0v) is 16.9. The first-order chi connectivity index (χ1) is 12.1. The molecule has 2 aliphatic carbocycles. The molecule has 4 heteroatoms. The summed E-state index contributed by atoms with van der Waals surface area (Å²) in [6.45, 7) is 13.8. The van der Waals surface area contributed by atoms with Crippen molar-refractivity contribution in [3.63, 3.8) is 0 Å². The fourth-order valence-corrected chi connectivity index (χ4v) is 5.28. The third kappa shape index (κ3) is 3.66. The number of Topliss-reactive ketones (excluding diaryl/α,β-unsaturated/α-hetero) is 1. The number of ether oxygens (including phenoxy) is 1. The molecule has 1 N–H and O–H groups in total. The first kappa shape index (κ1) is 20.9. The summed E-state index contributed by atoms with van der Waals surface area (Å²) in [4.78, 5) is 25.1. The quantitative estimate of drug-likeness (QED) is 0.571. The van der Waals surface area contributed by atoms with Crippen molar-refractivity contribution in [3.05, 3.63) is 24.3 Å². The highest BCUT2D eigenvalue weighted by Gasteiger charge is 2.57. The molecule has 0 aromatic heterocycles. The maximum atomic E-state index is 13.3. The van der Waals surface area contributed by atoms with Gasteiger partial charge in [-0.2, -0.15) is 0 Å². The Balaban J connectivity index is 2.49. The summed E-state index contributed by atoms with van der Waals surface area (Å²) in [5.41, 5.74) is 0.677. The third-order valence-electron chi connectivity index (χ3n) is 6.59. The van der Waals surface area contributed by atoms with Gasteiger partial charge in [0.15, 0.2) is 0 Å². The Morgan fingerprint density at radius 3 is 2.65 bits per heavy atom. The minimum atomic E-state index is -0.628. The molecule has 5 atom stereocenters. The van der Waals surface area contributed by atoms with E-state index in [0.29, 0.717) is 12.8 Å². The van der Waals surface area contributed by atoms with Gasteiger partial charge in [-0.25, -0.2) is 4.79 Å². The van der Waals surface area contributed by atoms with Crippen LogP contribution in [0.4, 0.5) is 0 Å². The molecule has 0 amide bonds. The van der Waals surface area contributed by atoms with Crippen LogP contribution < -0.4 is 0 Å². The third-order valence-corrected chi connectivity index (χ3v) is 6.59. The van der Waals surface area contributed by atoms with Gasteiger partial charge in [0.1, 0.15) is 18.5 Å². The standard InChI is InChI=1S/C22H34O4/c1-7-14(2)12-16(24)20-15(3)8-9-17-21(4,5)11-10-18(22(17,20)6)26-19(25)13-23/h7,9,14-15,18,20,23H,1,8,10-13H2,2-6H3/t14-,15+,18?,20-,22-/m1/s1.